The van der Waals surface area contributed by atoms with Gasteiger partial charge >= 0.3 is 5.97 Å². The second-order valence-corrected chi connectivity index (χ2v) is 7.20. The number of fused-ring (bicyclic) bond motifs is 1. The van der Waals surface area contributed by atoms with E-state index >= 15 is 0 Å². The number of aliphatic hydroxyl groups is 3. The van der Waals surface area contributed by atoms with E-state index in [0.717, 1.165) is 29.6 Å². The highest BCUT2D eigenvalue weighted by atomic mass is 16.6. The number of ether oxygens (including phenoxy) is 1. The van der Waals surface area contributed by atoms with Crippen LogP contribution < -0.4 is 0 Å². The van der Waals surface area contributed by atoms with Gasteiger partial charge in [-0.2, -0.15) is 0 Å². The van der Waals surface area contributed by atoms with Gasteiger partial charge in [0.2, 0.25) is 0 Å². The van der Waals surface area contributed by atoms with Crippen molar-refractivity contribution in [1.82, 2.24) is 0 Å². The molecule has 0 unspecified atom stereocenters. The van der Waals surface area contributed by atoms with Crippen LogP contribution in [0, 0.1) is 5.92 Å². The molecular weight excluding hydrogens is 286 g/mol. The van der Waals surface area contributed by atoms with Crippen molar-refractivity contribution < 1.29 is 29.3 Å². The van der Waals surface area contributed by atoms with Crippen molar-refractivity contribution in [3.63, 3.8) is 0 Å². The van der Waals surface area contributed by atoms with Crippen molar-refractivity contribution >= 4 is 5.97 Å². The lowest BCUT2D eigenvalue weighted by Gasteiger charge is -2.33. The summed E-state index contributed by atoms with van der Waals surface area (Å²) in [6, 6.07) is -0.0357. The molecule has 1 saturated heterocycles. The SMILES string of the molecule is CC(C)[C@](O)(C(=O)OCC1=CC[N@+]2(C)CC[C@H](O)[C@@H]12)[C@@H](C)O. The summed E-state index contributed by atoms with van der Waals surface area (Å²) in [5.41, 5.74) is -1.01. The Morgan fingerprint density at radius 1 is 1.50 bits per heavy atom. The molecule has 0 spiro atoms. The molecule has 2 heterocycles. The van der Waals surface area contributed by atoms with Crippen LogP contribution in [0.4, 0.5) is 0 Å². The first-order valence-corrected chi connectivity index (χ1v) is 7.91. The first kappa shape index (κ1) is 17.4. The molecule has 0 amide bonds. The predicted molar refractivity (Wildman–Crippen MR) is 80.8 cm³/mol. The Kier molecular flexibility index (Phi) is 4.69. The average Bonchev–Trinajstić information content (AvgIpc) is 2.92. The standard InChI is InChI=1S/C16H28NO5/c1-10(2)16(21,11(3)18)15(20)22-9-12-5-7-17(4)8-6-13(19)14(12)17/h5,10-11,13-14,18-19,21H,6-9H2,1-4H3/q+1/t11-,13+,14-,16-,17-/m1/s1. The molecule has 2 aliphatic rings. The Hall–Kier alpha value is -0.950. The van der Waals surface area contributed by atoms with E-state index in [1.807, 2.05) is 6.08 Å². The lowest BCUT2D eigenvalue weighted by molar-refractivity contribution is -0.906. The summed E-state index contributed by atoms with van der Waals surface area (Å²) >= 11 is 0. The first-order chi connectivity index (χ1) is 10.1. The monoisotopic (exact) mass is 314 g/mol. The Balaban J connectivity index is 2.03. The molecule has 0 radical (unpaired) electrons. The number of hydrogen-bond donors (Lipinski definition) is 3. The minimum Gasteiger partial charge on any atom is -0.459 e. The van der Waals surface area contributed by atoms with Crippen molar-refractivity contribution in [2.24, 2.45) is 5.92 Å². The molecule has 1 fully saturated rings. The third-order valence-corrected chi connectivity index (χ3v) is 5.34. The van der Waals surface area contributed by atoms with Gasteiger partial charge in [-0.15, -0.1) is 0 Å². The highest BCUT2D eigenvalue weighted by molar-refractivity contribution is 5.80. The molecule has 126 valence electrons. The van der Waals surface area contributed by atoms with Crippen LogP contribution in [0.15, 0.2) is 11.6 Å². The molecule has 0 aliphatic carbocycles. The van der Waals surface area contributed by atoms with E-state index in [1.165, 1.54) is 6.92 Å². The number of rotatable bonds is 5. The fourth-order valence-electron chi connectivity index (χ4n) is 3.74. The van der Waals surface area contributed by atoms with E-state index < -0.39 is 29.7 Å². The summed E-state index contributed by atoms with van der Waals surface area (Å²) in [7, 11) is 2.09. The summed E-state index contributed by atoms with van der Waals surface area (Å²) in [6.45, 7) is 6.48. The van der Waals surface area contributed by atoms with Crippen LogP contribution in [0.1, 0.15) is 27.2 Å². The number of carbonyl (C=O) groups excluding carboxylic acids is 1. The summed E-state index contributed by atoms with van der Waals surface area (Å²) in [5.74, 6) is -1.28. The molecule has 0 bridgehead atoms. The van der Waals surface area contributed by atoms with Gasteiger partial charge in [0.25, 0.3) is 0 Å². The predicted octanol–water partition coefficient (Wildman–Crippen LogP) is -0.183. The van der Waals surface area contributed by atoms with E-state index in [-0.39, 0.29) is 12.6 Å². The summed E-state index contributed by atoms with van der Waals surface area (Å²) in [4.78, 5) is 12.2. The molecular formula is C16H28NO5+. The number of likely N-dealkylation sites (N-methyl/N-ethyl adjacent to an activating group) is 1. The largest absolute Gasteiger partial charge is 0.459 e. The minimum atomic E-state index is -1.91. The van der Waals surface area contributed by atoms with Crippen LogP contribution in [0.5, 0.6) is 0 Å². The van der Waals surface area contributed by atoms with Gasteiger partial charge in [-0.05, 0) is 18.9 Å². The number of nitrogens with zero attached hydrogens (tertiary/aromatic N) is 1. The molecule has 0 aromatic rings. The Labute approximate surface area is 131 Å². The van der Waals surface area contributed by atoms with Crippen LogP contribution in [0.3, 0.4) is 0 Å². The smallest absolute Gasteiger partial charge is 0.341 e. The number of esters is 1. The Morgan fingerprint density at radius 3 is 2.68 bits per heavy atom. The van der Waals surface area contributed by atoms with Crippen molar-refractivity contribution in [3.05, 3.63) is 11.6 Å². The maximum atomic E-state index is 12.2. The van der Waals surface area contributed by atoms with Gasteiger partial charge in [0.15, 0.2) is 5.60 Å². The molecule has 0 saturated carbocycles. The molecule has 2 aliphatic heterocycles. The van der Waals surface area contributed by atoms with Gasteiger partial charge in [0.1, 0.15) is 18.8 Å². The van der Waals surface area contributed by atoms with Crippen molar-refractivity contribution in [3.8, 4) is 0 Å². The molecule has 2 rings (SSSR count). The lowest BCUT2D eigenvalue weighted by Crippen LogP contribution is -2.54. The van der Waals surface area contributed by atoms with Crippen LogP contribution in [0.25, 0.3) is 0 Å². The fourth-order valence-corrected chi connectivity index (χ4v) is 3.74. The molecule has 6 nitrogen and oxygen atoms in total. The van der Waals surface area contributed by atoms with E-state index in [0.29, 0.717) is 0 Å². The number of carbonyl (C=O) groups is 1. The van der Waals surface area contributed by atoms with Crippen molar-refractivity contribution in [2.75, 3.05) is 26.7 Å². The Morgan fingerprint density at radius 2 is 2.14 bits per heavy atom. The second kappa shape index (κ2) is 5.92. The second-order valence-electron chi connectivity index (χ2n) is 7.20. The first-order valence-electron chi connectivity index (χ1n) is 7.91. The van der Waals surface area contributed by atoms with E-state index in [9.17, 15) is 20.1 Å². The van der Waals surface area contributed by atoms with Crippen LogP contribution in [0.2, 0.25) is 0 Å². The van der Waals surface area contributed by atoms with Gasteiger partial charge in [-0.25, -0.2) is 4.79 Å². The fraction of sp³-hybridized carbons (Fsp3) is 0.812. The maximum Gasteiger partial charge on any atom is 0.341 e. The quantitative estimate of drug-likeness (QED) is 0.372. The number of quaternary nitrogens is 1. The van der Waals surface area contributed by atoms with Gasteiger partial charge in [-0.3, -0.25) is 0 Å². The highest BCUT2D eigenvalue weighted by Crippen LogP contribution is 2.35. The molecule has 0 aromatic heterocycles. The van der Waals surface area contributed by atoms with Gasteiger partial charge < -0.3 is 24.5 Å². The molecule has 3 N–H and O–H groups in total. The summed E-state index contributed by atoms with van der Waals surface area (Å²) in [6.07, 6.45) is 1.13. The lowest BCUT2D eigenvalue weighted by atomic mass is 9.85. The summed E-state index contributed by atoms with van der Waals surface area (Å²) in [5, 5.41) is 30.3. The zero-order valence-corrected chi connectivity index (χ0v) is 13.8. The molecule has 22 heavy (non-hydrogen) atoms. The highest BCUT2D eigenvalue weighted by Gasteiger charge is 2.51. The normalized spacial score (nSPS) is 35.0. The summed E-state index contributed by atoms with van der Waals surface area (Å²) < 4.78 is 6.03. The molecule has 5 atom stereocenters. The minimum absolute atomic E-state index is 0.0357. The van der Waals surface area contributed by atoms with E-state index in [4.69, 9.17) is 4.74 Å². The van der Waals surface area contributed by atoms with Gasteiger partial charge in [0.05, 0.1) is 26.2 Å². The maximum absolute atomic E-state index is 12.2. The zero-order valence-electron chi connectivity index (χ0n) is 13.8. The van der Waals surface area contributed by atoms with Crippen LogP contribution >= 0.6 is 0 Å². The Bertz CT molecular complexity index is 465. The number of aliphatic hydroxyl groups excluding tert-OH is 2. The molecule has 6 heteroatoms. The molecule has 0 aromatic carbocycles. The van der Waals surface area contributed by atoms with Crippen molar-refractivity contribution in [2.45, 2.75) is 51.0 Å². The van der Waals surface area contributed by atoms with E-state index in [2.05, 4.69) is 7.05 Å². The van der Waals surface area contributed by atoms with Crippen LogP contribution in [-0.4, -0.2) is 76.4 Å². The van der Waals surface area contributed by atoms with E-state index in [1.54, 1.807) is 13.8 Å². The zero-order chi connectivity index (χ0) is 16.7. The average molecular weight is 314 g/mol. The number of hydrogen-bond acceptors (Lipinski definition) is 5. The van der Waals surface area contributed by atoms with Gasteiger partial charge in [0, 0.05) is 12.0 Å². The topological polar surface area (TPSA) is 87.0 Å². The van der Waals surface area contributed by atoms with Gasteiger partial charge in [-0.1, -0.05) is 13.8 Å². The van der Waals surface area contributed by atoms with Crippen molar-refractivity contribution in [1.29, 1.82) is 0 Å². The van der Waals surface area contributed by atoms with Crippen LogP contribution in [-0.2, 0) is 9.53 Å². The third-order valence-electron chi connectivity index (χ3n) is 5.34. The third kappa shape index (κ3) is 2.69.